The summed E-state index contributed by atoms with van der Waals surface area (Å²) >= 11 is 5.90. The largest absolute Gasteiger partial charge is 0.468 e. The molecule has 0 bridgehead atoms. The standard InChI is InChI=1S/C9H11ClN2O2/c1-14-9(13)8(12-11)6-4-2-3-5-7(6)10/h2-5,8,12H,11H2,1H3. The summed E-state index contributed by atoms with van der Waals surface area (Å²) in [6.07, 6.45) is 0. The number of ether oxygens (including phenoxy) is 1. The van der Waals surface area contributed by atoms with Gasteiger partial charge in [0.25, 0.3) is 0 Å². The molecule has 3 N–H and O–H groups in total. The summed E-state index contributed by atoms with van der Waals surface area (Å²) in [5.41, 5.74) is 2.95. The molecule has 1 aromatic carbocycles. The van der Waals surface area contributed by atoms with Gasteiger partial charge in [0.05, 0.1) is 7.11 Å². The number of carbonyl (C=O) groups is 1. The van der Waals surface area contributed by atoms with Crippen molar-refractivity contribution >= 4 is 17.6 Å². The van der Waals surface area contributed by atoms with E-state index in [0.717, 1.165) is 0 Å². The van der Waals surface area contributed by atoms with Crippen molar-refractivity contribution in [3.63, 3.8) is 0 Å². The Balaban J connectivity index is 3.01. The van der Waals surface area contributed by atoms with Gasteiger partial charge in [-0.1, -0.05) is 29.8 Å². The molecule has 0 saturated heterocycles. The molecular weight excluding hydrogens is 204 g/mol. The Morgan fingerprint density at radius 1 is 1.57 bits per heavy atom. The highest BCUT2D eigenvalue weighted by Gasteiger charge is 2.21. The summed E-state index contributed by atoms with van der Waals surface area (Å²) < 4.78 is 4.57. The van der Waals surface area contributed by atoms with E-state index in [4.69, 9.17) is 17.4 Å². The maximum atomic E-state index is 11.3. The molecule has 1 aromatic rings. The topological polar surface area (TPSA) is 64.3 Å². The molecule has 1 unspecified atom stereocenters. The highest BCUT2D eigenvalue weighted by atomic mass is 35.5. The molecule has 0 aliphatic carbocycles. The number of benzene rings is 1. The Morgan fingerprint density at radius 3 is 2.71 bits per heavy atom. The van der Waals surface area contributed by atoms with Gasteiger partial charge in [-0.3, -0.25) is 5.84 Å². The van der Waals surface area contributed by atoms with Gasteiger partial charge >= 0.3 is 5.97 Å². The van der Waals surface area contributed by atoms with E-state index >= 15 is 0 Å². The zero-order chi connectivity index (χ0) is 10.6. The van der Waals surface area contributed by atoms with E-state index in [1.165, 1.54) is 7.11 Å². The number of carbonyl (C=O) groups excluding carboxylic acids is 1. The number of hydrogen-bond donors (Lipinski definition) is 2. The SMILES string of the molecule is COC(=O)C(NN)c1ccccc1Cl. The molecule has 0 heterocycles. The van der Waals surface area contributed by atoms with Crippen molar-refractivity contribution in [2.45, 2.75) is 6.04 Å². The summed E-state index contributed by atoms with van der Waals surface area (Å²) in [5, 5.41) is 0.473. The van der Waals surface area contributed by atoms with Gasteiger partial charge in [-0.05, 0) is 6.07 Å². The Morgan fingerprint density at radius 2 is 2.21 bits per heavy atom. The fourth-order valence-electron chi connectivity index (χ4n) is 1.11. The van der Waals surface area contributed by atoms with E-state index in [1.807, 2.05) is 0 Å². The van der Waals surface area contributed by atoms with Crippen LogP contribution in [0.3, 0.4) is 0 Å². The third-order valence-electron chi connectivity index (χ3n) is 1.82. The molecule has 0 amide bonds. The first-order valence-corrected chi connectivity index (χ1v) is 4.37. The molecule has 0 aliphatic rings. The second-order valence-electron chi connectivity index (χ2n) is 2.64. The average Bonchev–Trinajstić information content (AvgIpc) is 2.21. The zero-order valence-corrected chi connectivity index (χ0v) is 8.41. The van der Waals surface area contributed by atoms with E-state index in [2.05, 4.69) is 10.2 Å². The van der Waals surface area contributed by atoms with Crippen LogP contribution in [0.4, 0.5) is 0 Å². The normalized spacial score (nSPS) is 12.2. The lowest BCUT2D eigenvalue weighted by Crippen LogP contribution is -2.34. The Labute approximate surface area is 87.0 Å². The van der Waals surface area contributed by atoms with Crippen molar-refractivity contribution in [1.29, 1.82) is 0 Å². The molecule has 1 rings (SSSR count). The molecule has 5 heteroatoms. The maximum Gasteiger partial charge on any atom is 0.328 e. The van der Waals surface area contributed by atoms with Crippen molar-refractivity contribution in [1.82, 2.24) is 5.43 Å². The van der Waals surface area contributed by atoms with Crippen LogP contribution in [0.25, 0.3) is 0 Å². The predicted molar refractivity (Wildman–Crippen MR) is 53.5 cm³/mol. The van der Waals surface area contributed by atoms with Crippen molar-refractivity contribution in [2.75, 3.05) is 7.11 Å². The fraction of sp³-hybridized carbons (Fsp3) is 0.222. The molecule has 4 nitrogen and oxygen atoms in total. The van der Waals surface area contributed by atoms with Crippen LogP contribution >= 0.6 is 11.6 Å². The number of hydrogen-bond acceptors (Lipinski definition) is 4. The molecule has 0 radical (unpaired) electrons. The first-order valence-electron chi connectivity index (χ1n) is 3.99. The van der Waals surface area contributed by atoms with Crippen molar-refractivity contribution in [2.24, 2.45) is 5.84 Å². The van der Waals surface area contributed by atoms with Crippen LogP contribution in [0, 0.1) is 0 Å². The van der Waals surface area contributed by atoms with Crippen LogP contribution < -0.4 is 11.3 Å². The summed E-state index contributed by atoms with van der Waals surface area (Å²) in [5.74, 6) is 4.77. The van der Waals surface area contributed by atoms with Crippen LogP contribution in [0.2, 0.25) is 5.02 Å². The van der Waals surface area contributed by atoms with Crippen LogP contribution in [0.5, 0.6) is 0 Å². The van der Waals surface area contributed by atoms with Gasteiger partial charge in [0.15, 0.2) is 0 Å². The second-order valence-corrected chi connectivity index (χ2v) is 3.05. The van der Waals surface area contributed by atoms with Crippen molar-refractivity contribution in [3.8, 4) is 0 Å². The molecule has 14 heavy (non-hydrogen) atoms. The lowest BCUT2D eigenvalue weighted by Gasteiger charge is -2.14. The first-order chi connectivity index (χ1) is 6.70. The van der Waals surface area contributed by atoms with Gasteiger partial charge in [0, 0.05) is 10.6 Å². The van der Waals surface area contributed by atoms with E-state index < -0.39 is 12.0 Å². The summed E-state index contributed by atoms with van der Waals surface area (Å²) in [6.45, 7) is 0. The van der Waals surface area contributed by atoms with Crippen molar-refractivity contribution < 1.29 is 9.53 Å². The Kier molecular flexibility index (Phi) is 3.88. The number of methoxy groups -OCH3 is 1. The zero-order valence-electron chi connectivity index (χ0n) is 7.66. The monoisotopic (exact) mass is 214 g/mol. The number of nitrogens with one attached hydrogen (secondary N) is 1. The summed E-state index contributed by atoms with van der Waals surface area (Å²) in [6, 6.07) is 6.22. The van der Waals surface area contributed by atoms with E-state index in [0.29, 0.717) is 10.6 Å². The van der Waals surface area contributed by atoms with Crippen molar-refractivity contribution in [3.05, 3.63) is 34.9 Å². The number of hydrazine groups is 1. The Bertz CT molecular complexity index is 330. The molecule has 1 atom stereocenters. The molecule has 0 spiro atoms. The lowest BCUT2D eigenvalue weighted by molar-refractivity contribution is -0.143. The van der Waals surface area contributed by atoms with Crippen LogP contribution in [-0.2, 0) is 9.53 Å². The average molecular weight is 215 g/mol. The molecular formula is C9H11ClN2O2. The third-order valence-corrected chi connectivity index (χ3v) is 2.16. The van der Waals surface area contributed by atoms with Gasteiger partial charge < -0.3 is 4.74 Å². The highest BCUT2D eigenvalue weighted by Crippen LogP contribution is 2.22. The molecule has 0 saturated carbocycles. The lowest BCUT2D eigenvalue weighted by atomic mass is 10.1. The van der Waals surface area contributed by atoms with Gasteiger partial charge in [-0.2, -0.15) is 0 Å². The fourth-order valence-corrected chi connectivity index (χ4v) is 1.36. The van der Waals surface area contributed by atoms with Crippen LogP contribution in [0.15, 0.2) is 24.3 Å². The summed E-state index contributed by atoms with van der Waals surface area (Å²) in [4.78, 5) is 11.3. The van der Waals surface area contributed by atoms with Crippen LogP contribution in [0.1, 0.15) is 11.6 Å². The van der Waals surface area contributed by atoms with Crippen LogP contribution in [-0.4, -0.2) is 13.1 Å². The van der Waals surface area contributed by atoms with Gasteiger partial charge in [-0.25, -0.2) is 10.2 Å². The first kappa shape index (κ1) is 11.0. The number of rotatable bonds is 3. The van der Waals surface area contributed by atoms with E-state index in [9.17, 15) is 4.79 Å². The van der Waals surface area contributed by atoms with Gasteiger partial charge in [0.2, 0.25) is 0 Å². The number of halogens is 1. The third kappa shape index (κ3) is 2.23. The molecule has 76 valence electrons. The maximum absolute atomic E-state index is 11.3. The van der Waals surface area contributed by atoms with Gasteiger partial charge in [0.1, 0.15) is 6.04 Å². The minimum atomic E-state index is -0.728. The number of esters is 1. The second kappa shape index (κ2) is 4.95. The number of nitrogens with two attached hydrogens (primary N) is 1. The minimum Gasteiger partial charge on any atom is -0.468 e. The van der Waals surface area contributed by atoms with Gasteiger partial charge in [-0.15, -0.1) is 0 Å². The molecule has 0 fully saturated rings. The smallest absolute Gasteiger partial charge is 0.328 e. The van der Waals surface area contributed by atoms with E-state index in [1.54, 1.807) is 24.3 Å². The molecule has 0 aromatic heterocycles. The molecule has 0 aliphatic heterocycles. The quantitative estimate of drug-likeness (QED) is 0.448. The van der Waals surface area contributed by atoms with E-state index in [-0.39, 0.29) is 0 Å². The summed E-state index contributed by atoms with van der Waals surface area (Å²) in [7, 11) is 1.30. The predicted octanol–water partition coefficient (Wildman–Crippen LogP) is 1.02. The Hall–Kier alpha value is -1.10. The minimum absolute atomic E-state index is 0.472. The highest BCUT2D eigenvalue weighted by molar-refractivity contribution is 6.31.